The van der Waals surface area contributed by atoms with Crippen LogP contribution < -0.4 is 5.32 Å². The monoisotopic (exact) mass is 345 g/mol. The first-order valence-corrected chi connectivity index (χ1v) is 8.51. The first-order valence-electron chi connectivity index (χ1n) is 6.94. The molecular formula is C16H18Cl2FNS. The van der Waals surface area contributed by atoms with Gasteiger partial charge < -0.3 is 5.32 Å². The van der Waals surface area contributed by atoms with E-state index in [1.54, 1.807) is 6.07 Å². The maximum Gasteiger partial charge on any atom is 0.123 e. The number of hydrogen-bond donors (Lipinski definition) is 1. The molecule has 0 saturated carbocycles. The third kappa shape index (κ3) is 4.43. The van der Waals surface area contributed by atoms with Crippen LogP contribution in [0.2, 0.25) is 8.67 Å². The molecule has 0 saturated heterocycles. The molecule has 114 valence electrons. The van der Waals surface area contributed by atoms with Crippen LogP contribution in [0.5, 0.6) is 0 Å². The van der Waals surface area contributed by atoms with E-state index < -0.39 is 0 Å². The summed E-state index contributed by atoms with van der Waals surface area (Å²) < 4.78 is 14.8. The zero-order valence-electron chi connectivity index (χ0n) is 12.1. The van der Waals surface area contributed by atoms with E-state index in [-0.39, 0.29) is 11.9 Å². The Kier molecular flexibility index (Phi) is 6.06. The predicted molar refractivity (Wildman–Crippen MR) is 90.2 cm³/mol. The molecule has 2 aromatic rings. The third-order valence-electron chi connectivity index (χ3n) is 3.43. The van der Waals surface area contributed by atoms with Crippen LogP contribution >= 0.6 is 34.5 Å². The molecular weight excluding hydrogens is 328 g/mol. The average molecular weight is 346 g/mol. The van der Waals surface area contributed by atoms with Gasteiger partial charge >= 0.3 is 0 Å². The van der Waals surface area contributed by atoms with Crippen molar-refractivity contribution < 1.29 is 4.39 Å². The number of hydrogen-bond acceptors (Lipinski definition) is 2. The lowest BCUT2D eigenvalue weighted by Crippen LogP contribution is -2.24. The quantitative estimate of drug-likeness (QED) is 0.698. The SMILES string of the molecule is CCCNC(Cc1cc(F)ccc1C)c1cc(Cl)sc1Cl. The van der Waals surface area contributed by atoms with Gasteiger partial charge in [-0.2, -0.15) is 0 Å². The average Bonchev–Trinajstić information content (AvgIpc) is 2.77. The minimum absolute atomic E-state index is 0.0432. The maximum absolute atomic E-state index is 13.5. The molecule has 0 bridgehead atoms. The van der Waals surface area contributed by atoms with Crippen LogP contribution in [0.25, 0.3) is 0 Å². The topological polar surface area (TPSA) is 12.0 Å². The Labute approximate surface area is 139 Å². The Morgan fingerprint density at radius 2 is 2.05 bits per heavy atom. The van der Waals surface area contributed by atoms with Crippen molar-refractivity contribution in [1.29, 1.82) is 0 Å². The van der Waals surface area contributed by atoms with Crippen molar-refractivity contribution in [2.75, 3.05) is 6.54 Å². The Hall–Kier alpha value is -0.610. The van der Waals surface area contributed by atoms with Gasteiger partial charge in [0.15, 0.2) is 0 Å². The minimum atomic E-state index is -0.209. The lowest BCUT2D eigenvalue weighted by molar-refractivity contribution is 0.527. The number of thiophene rings is 1. The van der Waals surface area contributed by atoms with E-state index in [9.17, 15) is 4.39 Å². The molecule has 5 heteroatoms. The van der Waals surface area contributed by atoms with Crippen molar-refractivity contribution in [3.05, 3.63) is 55.4 Å². The molecule has 21 heavy (non-hydrogen) atoms. The minimum Gasteiger partial charge on any atom is -0.310 e. The maximum atomic E-state index is 13.5. The van der Waals surface area contributed by atoms with E-state index >= 15 is 0 Å². The Morgan fingerprint density at radius 3 is 2.67 bits per heavy atom. The molecule has 1 heterocycles. The Bertz CT molecular complexity index is 612. The molecule has 0 aliphatic carbocycles. The van der Waals surface area contributed by atoms with Gasteiger partial charge in [0, 0.05) is 11.6 Å². The Balaban J connectivity index is 2.28. The molecule has 0 spiro atoms. The summed E-state index contributed by atoms with van der Waals surface area (Å²) in [6.45, 7) is 4.98. The summed E-state index contributed by atoms with van der Waals surface area (Å²) in [4.78, 5) is 0. The normalized spacial score (nSPS) is 12.6. The second-order valence-electron chi connectivity index (χ2n) is 5.06. The van der Waals surface area contributed by atoms with Gasteiger partial charge in [0.25, 0.3) is 0 Å². The molecule has 0 amide bonds. The molecule has 0 radical (unpaired) electrons. The van der Waals surface area contributed by atoms with Crippen molar-refractivity contribution in [2.24, 2.45) is 0 Å². The van der Waals surface area contributed by atoms with Crippen LogP contribution in [-0.4, -0.2) is 6.54 Å². The van der Waals surface area contributed by atoms with E-state index in [1.807, 2.05) is 19.1 Å². The second-order valence-corrected chi connectivity index (χ2v) is 7.35. The van der Waals surface area contributed by atoms with Crippen LogP contribution in [0.1, 0.15) is 36.1 Å². The van der Waals surface area contributed by atoms with Gasteiger partial charge in [-0.1, -0.05) is 36.2 Å². The lowest BCUT2D eigenvalue weighted by Gasteiger charge is -2.19. The van der Waals surface area contributed by atoms with Crippen molar-refractivity contribution in [3.63, 3.8) is 0 Å². The third-order valence-corrected chi connectivity index (χ3v) is 4.95. The molecule has 1 N–H and O–H groups in total. The van der Waals surface area contributed by atoms with Gasteiger partial charge in [0.05, 0.1) is 8.67 Å². The lowest BCUT2D eigenvalue weighted by atomic mass is 9.97. The van der Waals surface area contributed by atoms with E-state index in [0.717, 1.165) is 29.7 Å². The van der Waals surface area contributed by atoms with E-state index in [4.69, 9.17) is 23.2 Å². The molecule has 1 aromatic heterocycles. The van der Waals surface area contributed by atoms with Crippen molar-refractivity contribution in [2.45, 2.75) is 32.7 Å². The zero-order valence-corrected chi connectivity index (χ0v) is 14.4. The second kappa shape index (κ2) is 7.59. The van der Waals surface area contributed by atoms with Crippen LogP contribution in [0, 0.1) is 12.7 Å². The molecule has 2 rings (SSSR count). The smallest absolute Gasteiger partial charge is 0.123 e. The number of aryl methyl sites for hydroxylation is 1. The fourth-order valence-corrected chi connectivity index (χ4v) is 3.86. The highest BCUT2D eigenvalue weighted by Crippen LogP contribution is 2.36. The molecule has 0 aliphatic rings. The van der Waals surface area contributed by atoms with Gasteiger partial charge in [0.1, 0.15) is 5.82 Å². The van der Waals surface area contributed by atoms with Gasteiger partial charge in [-0.05, 0) is 55.6 Å². The highest BCUT2D eigenvalue weighted by atomic mass is 35.5. The van der Waals surface area contributed by atoms with Crippen molar-refractivity contribution in [1.82, 2.24) is 5.32 Å². The van der Waals surface area contributed by atoms with Gasteiger partial charge in [-0.15, -0.1) is 11.3 Å². The zero-order chi connectivity index (χ0) is 15.4. The van der Waals surface area contributed by atoms with Crippen LogP contribution in [0.3, 0.4) is 0 Å². The van der Waals surface area contributed by atoms with Gasteiger partial charge in [-0.25, -0.2) is 4.39 Å². The van der Waals surface area contributed by atoms with Gasteiger partial charge in [0.2, 0.25) is 0 Å². The molecule has 1 atom stereocenters. The first kappa shape index (κ1) is 16.8. The van der Waals surface area contributed by atoms with Crippen molar-refractivity contribution >= 4 is 34.5 Å². The first-order chi connectivity index (χ1) is 10.0. The molecule has 1 aromatic carbocycles. The van der Waals surface area contributed by atoms with Crippen LogP contribution in [0.15, 0.2) is 24.3 Å². The number of halogens is 3. The summed E-state index contributed by atoms with van der Waals surface area (Å²) in [7, 11) is 0. The van der Waals surface area contributed by atoms with E-state index in [1.165, 1.54) is 17.4 Å². The van der Waals surface area contributed by atoms with Crippen molar-refractivity contribution in [3.8, 4) is 0 Å². The summed E-state index contributed by atoms with van der Waals surface area (Å²) >= 11 is 13.7. The molecule has 0 fully saturated rings. The largest absolute Gasteiger partial charge is 0.310 e. The van der Waals surface area contributed by atoms with Crippen LogP contribution in [0.4, 0.5) is 4.39 Å². The highest BCUT2D eigenvalue weighted by molar-refractivity contribution is 7.20. The fraction of sp³-hybridized carbons (Fsp3) is 0.375. The number of nitrogens with one attached hydrogen (secondary N) is 1. The molecule has 0 aliphatic heterocycles. The summed E-state index contributed by atoms with van der Waals surface area (Å²) in [5, 5.41) is 3.48. The fourth-order valence-electron chi connectivity index (χ4n) is 2.28. The highest BCUT2D eigenvalue weighted by Gasteiger charge is 2.18. The number of rotatable bonds is 6. The summed E-state index contributed by atoms with van der Waals surface area (Å²) in [6, 6.07) is 6.83. The number of benzene rings is 1. The standard InChI is InChI=1S/C16H18Cl2FNS/c1-3-6-20-14(13-9-15(17)21-16(13)18)8-11-7-12(19)5-4-10(11)2/h4-5,7,9,14,20H,3,6,8H2,1-2H3. The summed E-state index contributed by atoms with van der Waals surface area (Å²) in [6.07, 6.45) is 1.71. The Morgan fingerprint density at radius 1 is 1.29 bits per heavy atom. The summed E-state index contributed by atoms with van der Waals surface area (Å²) in [5.41, 5.74) is 3.06. The summed E-state index contributed by atoms with van der Waals surface area (Å²) in [5.74, 6) is -0.209. The van der Waals surface area contributed by atoms with Crippen LogP contribution in [-0.2, 0) is 6.42 Å². The molecule has 1 nitrogen and oxygen atoms in total. The van der Waals surface area contributed by atoms with E-state index in [2.05, 4.69) is 12.2 Å². The van der Waals surface area contributed by atoms with E-state index in [0.29, 0.717) is 15.1 Å². The predicted octanol–water partition coefficient (Wildman–Crippen LogP) is 5.79. The molecule has 1 unspecified atom stereocenters. The van der Waals surface area contributed by atoms with Gasteiger partial charge in [-0.3, -0.25) is 0 Å².